The molecule has 4 heterocycles. The maximum absolute atomic E-state index is 14.8. The average Bonchev–Trinajstić information content (AvgIpc) is 3.44. The van der Waals surface area contributed by atoms with Crippen LogP contribution in [-0.2, 0) is 5.41 Å². The van der Waals surface area contributed by atoms with Crippen LogP contribution in [0.3, 0.4) is 0 Å². The predicted molar refractivity (Wildman–Crippen MR) is 133 cm³/mol. The molecule has 11 heteroatoms. The van der Waals surface area contributed by atoms with E-state index in [1.807, 2.05) is 11.9 Å². The molecule has 0 radical (unpaired) electrons. The number of nitrogens with one attached hydrogen (secondary N) is 2. The number of fused-ring (bicyclic) bond motifs is 3. The third-order valence-electron chi connectivity index (χ3n) is 7.73. The predicted octanol–water partition coefficient (Wildman–Crippen LogP) is 4.24. The van der Waals surface area contributed by atoms with Gasteiger partial charge < -0.3 is 24.9 Å². The number of halogens is 2. The highest BCUT2D eigenvalue weighted by Crippen LogP contribution is 2.47. The van der Waals surface area contributed by atoms with E-state index in [0.717, 1.165) is 37.6 Å². The second kappa shape index (κ2) is 8.28. The van der Waals surface area contributed by atoms with Crippen LogP contribution in [0.5, 0.6) is 0 Å². The van der Waals surface area contributed by atoms with Crippen molar-refractivity contribution in [3.8, 4) is 0 Å². The summed E-state index contributed by atoms with van der Waals surface area (Å²) in [6, 6.07) is 4.45. The highest BCUT2D eigenvalue weighted by molar-refractivity contribution is 5.76. The van der Waals surface area contributed by atoms with Crippen LogP contribution in [0.2, 0.25) is 0 Å². The van der Waals surface area contributed by atoms with Crippen LogP contribution in [0.15, 0.2) is 22.6 Å². The van der Waals surface area contributed by atoms with Crippen molar-refractivity contribution in [2.24, 2.45) is 11.8 Å². The quantitative estimate of drug-likeness (QED) is 0.538. The van der Waals surface area contributed by atoms with Gasteiger partial charge in [0.05, 0.1) is 5.69 Å². The summed E-state index contributed by atoms with van der Waals surface area (Å²) in [7, 11) is 1.83. The molecule has 3 aliphatic rings. The molecule has 190 valence electrons. The maximum Gasteiger partial charge on any atom is 0.318 e. The lowest BCUT2D eigenvalue weighted by Gasteiger charge is -2.37. The van der Waals surface area contributed by atoms with Crippen LogP contribution in [0.25, 0.3) is 0 Å². The Balaban J connectivity index is 1.32. The molecule has 2 bridgehead atoms. The second-order valence-electron chi connectivity index (χ2n) is 10.7. The van der Waals surface area contributed by atoms with Gasteiger partial charge in [0.25, 0.3) is 0 Å². The Kier molecular flexibility index (Phi) is 5.27. The van der Waals surface area contributed by atoms with Gasteiger partial charge >= 0.3 is 6.01 Å². The molecule has 2 aliphatic heterocycles. The number of piperidine rings is 1. The van der Waals surface area contributed by atoms with Gasteiger partial charge in [-0.1, -0.05) is 18.9 Å². The lowest BCUT2D eigenvalue weighted by molar-refractivity contribution is 0.357. The van der Waals surface area contributed by atoms with Gasteiger partial charge in [-0.3, -0.25) is 0 Å². The Hall–Kier alpha value is -3.50. The van der Waals surface area contributed by atoms with Crippen LogP contribution in [0.4, 0.5) is 38.1 Å². The van der Waals surface area contributed by atoms with E-state index in [-0.39, 0.29) is 11.5 Å². The van der Waals surface area contributed by atoms with Gasteiger partial charge in [0.15, 0.2) is 0 Å². The van der Waals surface area contributed by atoms with E-state index in [4.69, 9.17) is 14.4 Å². The molecule has 3 aromatic rings. The number of nitrogens with zero attached hydrogens (tertiary/aromatic N) is 6. The van der Waals surface area contributed by atoms with Crippen molar-refractivity contribution in [2.45, 2.75) is 45.1 Å². The van der Waals surface area contributed by atoms with E-state index < -0.39 is 11.6 Å². The summed E-state index contributed by atoms with van der Waals surface area (Å²) >= 11 is 0. The molecule has 1 saturated heterocycles. The fraction of sp³-hybridized carbons (Fsp3) is 0.520. The molecule has 0 spiro atoms. The summed E-state index contributed by atoms with van der Waals surface area (Å²) in [6.07, 6.45) is 2.19. The summed E-state index contributed by atoms with van der Waals surface area (Å²) < 4.78 is 34.1. The van der Waals surface area contributed by atoms with Crippen LogP contribution >= 0.6 is 0 Å². The maximum atomic E-state index is 14.8. The molecule has 1 aromatic carbocycles. The molecular formula is C25H30F2N8O. The molecule has 2 aromatic heterocycles. The zero-order valence-electron chi connectivity index (χ0n) is 20.8. The summed E-state index contributed by atoms with van der Waals surface area (Å²) in [5, 5.41) is 15.0. The minimum absolute atomic E-state index is 0.207. The van der Waals surface area contributed by atoms with Crippen LogP contribution in [0, 0.1) is 30.4 Å². The average molecular weight is 497 g/mol. The van der Waals surface area contributed by atoms with Gasteiger partial charge in [0, 0.05) is 56.7 Å². The molecule has 1 aliphatic carbocycles. The van der Waals surface area contributed by atoms with Crippen molar-refractivity contribution in [3.63, 3.8) is 0 Å². The fourth-order valence-corrected chi connectivity index (χ4v) is 6.14. The number of hydrogen-bond acceptors (Lipinski definition) is 9. The van der Waals surface area contributed by atoms with Gasteiger partial charge in [-0.15, -0.1) is 5.10 Å². The Morgan fingerprint density at radius 3 is 2.47 bits per heavy atom. The third kappa shape index (κ3) is 3.72. The van der Waals surface area contributed by atoms with E-state index in [0.29, 0.717) is 53.6 Å². The van der Waals surface area contributed by atoms with E-state index in [1.54, 1.807) is 6.92 Å². The van der Waals surface area contributed by atoms with Crippen molar-refractivity contribution < 1.29 is 13.2 Å². The number of aromatic nitrogens is 4. The van der Waals surface area contributed by atoms with Gasteiger partial charge in [-0.25, -0.2) is 8.78 Å². The van der Waals surface area contributed by atoms with Crippen molar-refractivity contribution in [2.75, 3.05) is 47.1 Å². The van der Waals surface area contributed by atoms with Crippen molar-refractivity contribution in [3.05, 3.63) is 41.3 Å². The molecule has 2 atom stereocenters. The molecular weight excluding hydrogens is 466 g/mol. The number of anilines is 5. The van der Waals surface area contributed by atoms with Gasteiger partial charge in [-0.05, 0) is 36.8 Å². The van der Waals surface area contributed by atoms with Crippen LogP contribution in [0.1, 0.15) is 38.1 Å². The Labute approximate surface area is 208 Å². The van der Waals surface area contributed by atoms with Gasteiger partial charge in [0.2, 0.25) is 11.8 Å². The second-order valence-corrected chi connectivity index (χ2v) is 10.7. The van der Waals surface area contributed by atoms with Crippen LogP contribution in [-0.4, -0.2) is 52.9 Å². The highest BCUT2D eigenvalue weighted by atomic mass is 19.1. The minimum Gasteiger partial charge on any atom is -0.408 e. The fourth-order valence-electron chi connectivity index (χ4n) is 6.14. The molecule has 2 N–H and O–H groups in total. The molecule has 2 fully saturated rings. The molecule has 36 heavy (non-hydrogen) atoms. The first kappa shape index (κ1) is 22.9. The minimum atomic E-state index is -0.612. The first-order valence-electron chi connectivity index (χ1n) is 12.4. The topological polar surface area (TPSA) is 95.2 Å². The SMILES string of the molecule is CNc1nc(NC2C3CCC2CN(c2nnc(C)o2)C3)nc2c1C(C)(C)CN2c1ccc(F)cc1F. The molecule has 6 rings (SSSR count). The largest absolute Gasteiger partial charge is 0.408 e. The van der Waals surface area contributed by atoms with Gasteiger partial charge in [-0.2, -0.15) is 9.97 Å². The lowest BCUT2D eigenvalue weighted by atomic mass is 9.88. The summed E-state index contributed by atoms with van der Waals surface area (Å²) in [5.74, 6) is 1.97. The monoisotopic (exact) mass is 496 g/mol. The van der Waals surface area contributed by atoms with E-state index in [1.165, 1.54) is 12.1 Å². The third-order valence-corrected chi connectivity index (χ3v) is 7.73. The number of aryl methyl sites for hydroxylation is 1. The van der Waals surface area contributed by atoms with E-state index in [2.05, 4.69) is 39.6 Å². The molecule has 1 saturated carbocycles. The summed E-state index contributed by atoms with van der Waals surface area (Å²) in [5.41, 5.74) is 0.890. The Morgan fingerprint density at radius 2 is 1.83 bits per heavy atom. The molecule has 9 nitrogen and oxygen atoms in total. The molecule has 0 amide bonds. The van der Waals surface area contributed by atoms with E-state index >= 15 is 0 Å². The smallest absolute Gasteiger partial charge is 0.318 e. The normalized spacial score (nSPS) is 24.2. The zero-order chi connectivity index (χ0) is 25.2. The zero-order valence-corrected chi connectivity index (χ0v) is 20.8. The van der Waals surface area contributed by atoms with Crippen molar-refractivity contribution in [1.82, 2.24) is 20.2 Å². The molecule has 2 unspecified atom stereocenters. The first-order chi connectivity index (χ1) is 17.2. The van der Waals surface area contributed by atoms with Crippen LogP contribution < -0.4 is 20.4 Å². The van der Waals surface area contributed by atoms with E-state index in [9.17, 15) is 8.78 Å². The standard InChI is InChI=1S/C25H30F2N8O/c1-13-32-33-24(36-13)34-10-14-5-6-15(11-34)20(14)29-23-30-21(28-4)19-22(31-23)35(12-25(19,2)3)18-8-7-16(26)9-17(18)27/h7-9,14-15,20H,5-6,10-12H2,1-4H3,(H2,28,29,30,31). The number of rotatable bonds is 5. The van der Waals surface area contributed by atoms with Crippen molar-refractivity contribution >= 4 is 29.3 Å². The lowest BCUT2D eigenvalue weighted by Crippen LogP contribution is -2.48. The Morgan fingerprint density at radius 1 is 1.08 bits per heavy atom. The number of hydrogen-bond donors (Lipinski definition) is 2. The number of benzene rings is 1. The summed E-state index contributed by atoms with van der Waals surface area (Å²) in [6.45, 7) is 8.11. The summed E-state index contributed by atoms with van der Waals surface area (Å²) in [4.78, 5) is 13.7. The highest BCUT2D eigenvalue weighted by Gasteiger charge is 2.45. The van der Waals surface area contributed by atoms with Gasteiger partial charge in [0.1, 0.15) is 23.3 Å². The van der Waals surface area contributed by atoms with Crippen molar-refractivity contribution in [1.29, 1.82) is 0 Å². The first-order valence-corrected chi connectivity index (χ1v) is 12.4. The Bertz CT molecular complexity index is 1300.